The van der Waals surface area contributed by atoms with Crippen molar-refractivity contribution in [2.45, 2.75) is 65.9 Å². The Morgan fingerprint density at radius 1 is 1.35 bits per heavy atom. The molecule has 0 aliphatic heterocycles. The van der Waals surface area contributed by atoms with E-state index in [1.165, 1.54) is 6.92 Å². The first-order valence-electron chi connectivity index (χ1n) is 8.83. The van der Waals surface area contributed by atoms with E-state index in [-0.39, 0.29) is 29.4 Å². The molecule has 0 heterocycles. The molecule has 23 heavy (non-hydrogen) atoms. The van der Waals surface area contributed by atoms with Crippen molar-refractivity contribution in [2.24, 2.45) is 23.2 Å². The third-order valence-electron chi connectivity index (χ3n) is 5.82. The van der Waals surface area contributed by atoms with Crippen LogP contribution in [-0.4, -0.2) is 24.6 Å². The van der Waals surface area contributed by atoms with Crippen molar-refractivity contribution >= 4 is 11.9 Å². The maximum atomic E-state index is 12.5. The number of carbonyl (C=O) groups excluding carboxylic acids is 2. The normalized spacial score (nSPS) is 34.0. The minimum Gasteiger partial charge on any atom is -0.466 e. The van der Waals surface area contributed by atoms with Gasteiger partial charge in [-0.3, -0.25) is 9.59 Å². The summed E-state index contributed by atoms with van der Waals surface area (Å²) in [5.74, 6) is 0.521. The second-order valence-corrected chi connectivity index (χ2v) is 7.43. The van der Waals surface area contributed by atoms with Gasteiger partial charge in [-0.05, 0) is 61.9 Å². The van der Waals surface area contributed by atoms with Crippen LogP contribution in [0.15, 0.2) is 12.2 Å². The summed E-state index contributed by atoms with van der Waals surface area (Å²) in [7, 11) is 0. The summed E-state index contributed by atoms with van der Waals surface area (Å²) in [6, 6.07) is 0. The van der Waals surface area contributed by atoms with Crippen molar-refractivity contribution in [3.63, 3.8) is 0 Å². The molecule has 4 atom stereocenters. The second kappa shape index (κ2) is 7.06. The molecule has 0 N–H and O–H groups in total. The van der Waals surface area contributed by atoms with Gasteiger partial charge in [-0.1, -0.05) is 20.4 Å². The van der Waals surface area contributed by atoms with Crippen LogP contribution in [0.5, 0.6) is 0 Å². The molecule has 1 spiro atoms. The van der Waals surface area contributed by atoms with E-state index in [0.717, 1.165) is 31.3 Å². The fraction of sp³-hybridized carbons (Fsp3) is 0.789. The van der Waals surface area contributed by atoms with Gasteiger partial charge in [0.25, 0.3) is 0 Å². The number of hydrogen-bond donors (Lipinski definition) is 0. The Morgan fingerprint density at radius 3 is 2.61 bits per heavy atom. The maximum absolute atomic E-state index is 12.5. The minimum atomic E-state index is -0.278. The van der Waals surface area contributed by atoms with Crippen molar-refractivity contribution in [3.05, 3.63) is 12.2 Å². The first kappa shape index (κ1) is 18.0. The Balaban J connectivity index is 2.32. The standard InChI is InChI=1S/C19H30O4/c1-6-22-18(21)16-8-7-15(12(2)3)19(16)10-9-13(4)17(11-19)23-14(5)20/h12,15-17H,4,6-11H2,1-3,5H3/t15-,16+,17-,19+/m0/s1. The average Bonchev–Trinajstić information content (AvgIpc) is 2.82. The molecule has 4 nitrogen and oxygen atoms in total. The van der Waals surface area contributed by atoms with Crippen LogP contribution < -0.4 is 0 Å². The van der Waals surface area contributed by atoms with Crippen LogP contribution in [0.1, 0.15) is 59.8 Å². The van der Waals surface area contributed by atoms with Gasteiger partial charge in [0.2, 0.25) is 0 Å². The van der Waals surface area contributed by atoms with Crippen LogP contribution in [0.2, 0.25) is 0 Å². The fourth-order valence-corrected chi connectivity index (χ4v) is 4.90. The van der Waals surface area contributed by atoms with Crippen LogP contribution >= 0.6 is 0 Å². The van der Waals surface area contributed by atoms with Crippen molar-refractivity contribution in [3.8, 4) is 0 Å². The molecule has 2 rings (SSSR count). The largest absolute Gasteiger partial charge is 0.466 e. The lowest BCUT2D eigenvalue weighted by molar-refractivity contribution is -0.157. The summed E-state index contributed by atoms with van der Waals surface area (Å²) < 4.78 is 10.9. The van der Waals surface area contributed by atoms with Gasteiger partial charge in [-0.15, -0.1) is 0 Å². The minimum absolute atomic E-state index is 0.0789. The van der Waals surface area contributed by atoms with Crippen molar-refractivity contribution < 1.29 is 19.1 Å². The lowest BCUT2D eigenvalue weighted by Crippen LogP contribution is -2.45. The van der Waals surface area contributed by atoms with Gasteiger partial charge in [0, 0.05) is 6.92 Å². The molecule has 2 aliphatic carbocycles. The summed E-state index contributed by atoms with van der Waals surface area (Å²) in [5, 5.41) is 0. The Kier molecular flexibility index (Phi) is 5.53. The lowest BCUT2D eigenvalue weighted by Gasteiger charge is -2.47. The van der Waals surface area contributed by atoms with Gasteiger partial charge in [0.1, 0.15) is 6.10 Å². The average molecular weight is 322 g/mol. The summed E-state index contributed by atoms with van der Waals surface area (Å²) >= 11 is 0. The van der Waals surface area contributed by atoms with Crippen molar-refractivity contribution in [1.82, 2.24) is 0 Å². The molecule has 0 radical (unpaired) electrons. The van der Waals surface area contributed by atoms with Crippen LogP contribution in [0, 0.1) is 23.2 Å². The lowest BCUT2D eigenvalue weighted by atomic mass is 9.59. The highest BCUT2D eigenvalue weighted by Gasteiger charge is 2.56. The third kappa shape index (κ3) is 3.46. The van der Waals surface area contributed by atoms with Gasteiger partial charge in [-0.25, -0.2) is 0 Å². The topological polar surface area (TPSA) is 52.6 Å². The molecule has 2 aliphatic rings. The zero-order valence-electron chi connectivity index (χ0n) is 14.9. The molecule has 0 bridgehead atoms. The van der Waals surface area contributed by atoms with Gasteiger partial charge < -0.3 is 9.47 Å². The number of rotatable bonds is 4. The second-order valence-electron chi connectivity index (χ2n) is 7.43. The maximum Gasteiger partial charge on any atom is 0.309 e. The SMILES string of the molecule is C=C1CC[C@]2(C[C@@H]1OC(C)=O)[C@@H](C(=O)OCC)CC[C@H]2C(C)C. The monoisotopic (exact) mass is 322 g/mol. The Labute approximate surface area is 139 Å². The molecule has 0 unspecified atom stereocenters. The molecule has 0 saturated heterocycles. The smallest absolute Gasteiger partial charge is 0.309 e. The molecule has 0 amide bonds. The van der Waals surface area contributed by atoms with E-state index in [2.05, 4.69) is 20.4 Å². The van der Waals surface area contributed by atoms with Crippen molar-refractivity contribution in [1.29, 1.82) is 0 Å². The highest BCUT2D eigenvalue weighted by Crippen LogP contribution is 2.59. The van der Waals surface area contributed by atoms with Crippen LogP contribution in [-0.2, 0) is 19.1 Å². The molecule has 2 saturated carbocycles. The van der Waals surface area contributed by atoms with Crippen LogP contribution in [0.25, 0.3) is 0 Å². The first-order chi connectivity index (χ1) is 10.8. The van der Waals surface area contributed by atoms with Gasteiger partial charge >= 0.3 is 11.9 Å². The predicted molar refractivity (Wildman–Crippen MR) is 88.7 cm³/mol. The first-order valence-corrected chi connectivity index (χ1v) is 8.83. The molecule has 2 fully saturated rings. The molecule has 130 valence electrons. The summed E-state index contributed by atoms with van der Waals surface area (Å²) in [6.07, 6.45) is 4.11. The number of carbonyl (C=O) groups is 2. The number of esters is 2. The van der Waals surface area contributed by atoms with E-state index in [1.54, 1.807) is 0 Å². The van der Waals surface area contributed by atoms with Crippen LogP contribution in [0.4, 0.5) is 0 Å². The quantitative estimate of drug-likeness (QED) is 0.582. The summed E-state index contributed by atoms with van der Waals surface area (Å²) in [6.45, 7) is 12.2. The zero-order valence-corrected chi connectivity index (χ0v) is 14.9. The third-order valence-corrected chi connectivity index (χ3v) is 5.82. The Hall–Kier alpha value is -1.32. The Bertz CT molecular complexity index is 482. The van der Waals surface area contributed by atoms with E-state index in [1.807, 2.05) is 6.92 Å². The van der Waals surface area contributed by atoms with Crippen LogP contribution in [0.3, 0.4) is 0 Å². The molecule has 0 aromatic rings. The van der Waals surface area contributed by atoms with Gasteiger partial charge in [0.05, 0.1) is 12.5 Å². The summed E-state index contributed by atoms with van der Waals surface area (Å²) in [5.41, 5.74) is 0.852. The van der Waals surface area contributed by atoms with Crippen molar-refractivity contribution in [2.75, 3.05) is 6.61 Å². The molecule has 4 heteroatoms. The van der Waals surface area contributed by atoms with E-state index < -0.39 is 0 Å². The molecular weight excluding hydrogens is 292 g/mol. The number of hydrogen-bond acceptors (Lipinski definition) is 4. The van der Waals surface area contributed by atoms with E-state index in [4.69, 9.17) is 9.47 Å². The number of ether oxygens (including phenoxy) is 2. The van der Waals surface area contributed by atoms with Gasteiger partial charge in [0.15, 0.2) is 0 Å². The molecular formula is C19H30O4. The summed E-state index contributed by atoms with van der Waals surface area (Å²) in [4.78, 5) is 24.0. The Morgan fingerprint density at radius 2 is 2.04 bits per heavy atom. The highest BCUT2D eigenvalue weighted by molar-refractivity contribution is 5.74. The highest BCUT2D eigenvalue weighted by atomic mass is 16.5. The predicted octanol–water partition coefficient (Wildman–Crippen LogP) is 3.89. The molecule has 0 aromatic carbocycles. The van der Waals surface area contributed by atoms with Gasteiger partial charge in [-0.2, -0.15) is 0 Å². The van der Waals surface area contributed by atoms with E-state index >= 15 is 0 Å². The van der Waals surface area contributed by atoms with E-state index in [9.17, 15) is 9.59 Å². The fourth-order valence-electron chi connectivity index (χ4n) is 4.90. The molecule has 0 aromatic heterocycles. The van der Waals surface area contributed by atoms with E-state index in [0.29, 0.717) is 24.9 Å². The zero-order chi connectivity index (χ0) is 17.2.